The van der Waals surface area contributed by atoms with Crippen LogP contribution in [0.4, 0.5) is 0 Å². The van der Waals surface area contributed by atoms with Crippen LogP contribution in [0.3, 0.4) is 0 Å². The number of benzene rings is 2. The minimum Gasteiger partial charge on any atom is -0.493 e. The van der Waals surface area contributed by atoms with E-state index < -0.39 is 0 Å². The highest BCUT2D eigenvalue weighted by molar-refractivity contribution is 6.30. The smallest absolute Gasteiger partial charge is 0.125 e. The van der Waals surface area contributed by atoms with Crippen molar-refractivity contribution in [2.45, 2.75) is 26.5 Å². The third-order valence-electron chi connectivity index (χ3n) is 3.12. The number of rotatable bonds is 6. The molecule has 2 rings (SSSR count). The fourth-order valence-electron chi connectivity index (χ4n) is 1.98. The number of nitrogens with two attached hydrogens (primary N) is 1. The Morgan fingerprint density at radius 2 is 1.81 bits per heavy atom. The normalized spacial score (nSPS) is 12.0. The van der Waals surface area contributed by atoms with E-state index in [9.17, 15) is 0 Å². The van der Waals surface area contributed by atoms with Gasteiger partial charge in [0.2, 0.25) is 0 Å². The largest absolute Gasteiger partial charge is 0.493 e. The first kappa shape index (κ1) is 15.7. The van der Waals surface area contributed by atoms with E-state index in [2.05, 4.69) is 0 Å². The van der Waals surface area contributed by atoms with E-state index in [0.717, 1.165) is 22.6 Å². The maximum atomic E-state index is 5.93. The van der Waals surface area contributed by atoms with Gasteiger partial charge < -0.3 is 15.2 Å². The minimum absolute atomic E-state index is 0.0186. The molecule has 2 aromatic carbocycles. The lowest BCUT2D eigenvalue weighted by atomic mass is 10.1. The first-order valence-electron chi connectivity index (χ1n) is 6.99. The van der Waals surface area contributed by atoms with Crippen LogP contribution in [0, 0.1) is 0 Å². The average Bonchev–Trinajstić information content (AvgIpc) is 2.48. The lowest BCUT2D eigenvalue weighted by molar-refractivity contribution is 0.286. The SMILES string of the molecule is CCOc1ccc(C(C)N)cc1COc1ccc(Cl)cc1. The molecule has 1 unspecified atom stereocenters. The van der Waals surface area contributed by atoms with E-state index in [4.69, 9.17) is 26.8 Å². The Hall–Kier alpha value is -1.71. The molecule has 2 aromatic rings. The van der Waals surface area contributed by atoms with E-state index in [0.29, 0.717) is 18.2 Å². The van der Waals surface area contributed by atoms with Gasteiger partial charge in [0.15, 0.2) is 0 Å². The third-order valence-corrected chi connectivity index (χ3v) is 3.37. The molecule has 0 aliphatic carbocycles. The summed E-state index contributed by atoms with van der Waals surface area (Å²) in [5.74, 6) is 1.60. The summed E-state index contributed by atoms with van der Waals surface area (Å²) in [4.78, 5) is 0. The Morgan fingerprint density at radius 1 is 1.10 bits per heavy atom. The maximum absolute atomic E-state index is 5.93. The van der Waals surface area contributed by atoms with Crippen LogP contribution >= 0.6 is 11.6 Å². The van der Waals surface area contributed by atoms with Gasteiger partial charge in [-0.05, 0) is 55.8 Å². The fourth-order valence-corrected chi connectivity index (χ4v) is 2.11. The molecule has 0 radical (unpaired) electrons. The van der Waals surface area contributed by atoms with E-state index >= 15 is 0 Å². The predicted molar refractivity (Wildman–Crippen MR) is 86.0 cm³/mol. The summed E-state index contributed by atoms with van der Waals surface area (Å²) in [6.07, 6.45) is 0. The molecule has 21 heavy (non-hydrogen) atoms. The molecule has 112 valence electrons. The summed E-state index contributed by atoms with van der Waals surface area (Å²) in [5.41, 5.74) is 7.98. The monoisotopic (exact) mass is 305 g/mol. The van der Waals surface area contributed by atoms with Gasteiger partial charge in [0.25, 0.3) is 0 Å². The highest BCUT2D eigenvalue weighted by Gasteiger charge is 2.08. The van der Waals surface area contributed by atoms with Gasteiger partial charge in [-0.25, -0.2) is 0 Å². The van der Waals surface area contributed by atoms with Crippen molar-refractivity contribution in [1.82, 2.24) is 0 Å². The maximum Gasteiger partial charge on any atom is 0.125 e. The van der Waals surface area contributed by atoms with E-state index in [1.807, 2.05) is 44.2 Å². The Morgan fingerprint density at radius 3 is 2.43 bits per heavy atom. The second-order valence-electron chi connectivity index (χ2n) is 4.83. The highest BCUT2D eigenvalue weighted by atomic mass is 35.5. The van der Waals surface area contributed by atoms with Gasteiger partial charge in [0, 0.05) is 16.6 Å². The molecule has 0 aliphatic heterocycles. The summed E-state index contributed by atoms with van der Waals surface area (Å²) < 4.78 is 11.4. The van der Waals surface area contributed by atoms with Crippen molar-refractivity contribution in [2.75, 3.05) is 6.61 Å². The molecule has 2 N–H and O–H groups in total. The van der Waals surface area contributed by atoms with Crippen LogP contribution in [-0.4, -0.2) is 6.61 Å². The van der Waals surface area contributed by atoms with Crippen LogP contribution in [0.25, 0.3) is 0 Å². The van der Waals surface area contributed by atoms with Gasteiger partial charge in [0.05, 0.1) is 6.61 Å². The topological polar surface area (TPSA) is 44.5 Å². The van der Waals surface area contributed by atoms with Crippen LogP contribution in [0.15, 0.2) is 42.5 Å². The van der Waals surface area contributed by atoms with E-state index in [-0.39, 0.29) is 6.04 Å². The molecule has 0 aromatic heterocycles. The Kier molecular flexibility index (Phi) is 5.48. The standard InChI is InChI=1S/C17H20ClNO2/c1-3-20-17-9-4-13(12(2)19)10-14(17)11-21-16-7-5-15(18)6-8-16/h4-10,12H,3,11,19H2,1-2H3. The summed E-state index contributed by atoms with van der Waals surface area (Å²) in [6.45, 7) is 4.96. The Balaban J connectivity index is 2.16. The number of hydrogen-bond acceptors (Lipinski definition) is 3. The van der Waals surface area contributed by atoms with Crippen molar-refractivity contribution >= 4 is 11.6 Å². The van der Waals surface area contributed by atoms with Gasteiger partial charge in [-0.15, -0.1) is 0 Å². The quantitative estimate of drug-likeness (QED) is 0.863. The predicted octanol–water partition coefficient (Wildman–Crippen LogP) is 4.34. The fraction of sp³-hybridized carbons (Fsp3) is 0.294. The highest BCUT2D eigenvalue weighted by Crippen LogP contribution is 2.25. The number of ether oxygens (including phenoxy) is 2. The van der Waals surface area contributed by atoms with Crippen LogP contribution in [0.5, 0.6) is 11.5 Å². The van der Waals surface area contributed by atoms with Crippen molar-refractivity contribution in [2.24, 2.45) is 5.73 Å². The van der Waals surface area contributed by atoms with Crippen molar-refractivity contribution in [3.8, 4) is 11.5 Å². The Bertz CT molecular complexity index is 582. The molecule has 0 spiro atoms. The summed E-state index contributed by atoms with van der Waals surface area (Å²) in [7, 11) is 0. The summed E-state index contributed by atoms with van der Waals surface area (Å²) in [6, 6.07) is 13.2. The molecule has 0 bridgehead atoms. The number of halogens is 1. The van der Waals surface area contributed by atoms with Crippen LogP contribution in [-0.2, 0) is 6.61 Å². The second-order valence-corrected chi connectivity index (χ2v) is 5.27. The van der Waals surface area contributed by atoms with E-state index in [1.54, 1.807) is 12.1 Å². The molecular weight excluding hydrogens is 286 g/mol. The van der Waals surface area contributed by atoms with Crippen LogP contribution in [0.2, 0.25) is 5.02 Å². The zero-order valence-electron chi connectivity index (χ0n) is 12.3. The summed E-state index contributed by atoms with van der Waals surface area (Å²) >= 11 is 5.86. The van der Waals surface area contributed by atoms with Gasteiger partial charge in [-0.1, -0.05) is 17.7 Å². The first-order valence-corrected chi connectivity index (χ1v) is 7.37. The lowest BCUT2D eigenvalue weighted by Gasteiger charge is -2.14. The number of hydrogen-bond donors (Lipinski definition) is 1. The average molecular weight is 306 g/mol. The molecule has 0 fully saturated rings. The molecule has 0 amide bonds. The molecule has 0 heterocycles. The molecule has 4 heteroatoms. The minimum atomic E-state index is -0.0186. The first-order chi connectivity index (χ1) is 10.1. The van der Waals surface area contributed by atoms with Gasteiger partial charge in [-0.3, -0.25) is 0 Å². The van der Waals surface area contributed by atoms with Gasteiger partial charge in [0.1, 0.15) is 18.1 Å². The van der Waals surface area contributed by atoms with Crippen LogP contribution in [0.1, 0.15) is 31.0 Å². The van der Waals surface area contributed by atoms with Crippen molar-refractivity contribution in [3.63, 3.8) is 0 Å². The van der Waals surface area contributed by atoms with E-state index in [1.165, 1.54) is 0 Å². The molecule has 1 atom stereocenters. The second kappa shape index (κ2) is 7.34. The summed E-state index contributed by atoms with van der Waals surface area (Å²) in [5, 5.41) is 0.691. The molecule has 0 saturated heterocycles. The molecule has 0 saturated carbocycles. The molecule has 3 nitrogen and oxygen atoms in total. The van der Waals surface area contributed by atoms with Gasteiger partial charge in [-0.2, -0.15) is 0 Å². The van der Waals surface area contributed by atoms with Crippen LogP contribution < -0.4 is 15.2 Å². The zero-order chi connectivity index (χ0) is 15.2. The molecular formula is C17H20ClNO2. The van der Waals surface area contributed by atoms with Gasteiger partial charge >= 0.3 is 0 Å². The zero-order valence-corrected chi connectivity index (χ0v) is 13.1. The van der Waals surface area contributed by atoms with Crippen molar-refractivity contribution in [1.29, 1.82) is 0 Å². The lowest BCUT2D eigenvalue weighted by Crippen LogP contribution is -2.07. The van der Waals surface area contributed by atoms with Crippen molar-refractivity contribution in [3.05, 3.63) is 58.6 Å². The Labute approximate surface area is 130 Å². The van der Waals surface area contributed by atoms with Crippen molar-refractivity contribution < 1.29 is 9.47 Å². The molecule has 0 aliphatic rings. The third kappa shape index (κ3) is 4.38.